The van der Waals surface area contributed by atoms with E-state index in [-0.39, 0.29) is 17.8 Å². The molecule has 5 nitrogen and oxygen atoms in total. The van der Waals surface area contributed by atoms with Crippen molar-refractivity contribution in [2.24, 2.45) is 0 Å². The van der Waals surface area contributed by atoms with Crippen molar-refractivity contribution in [3.05, 3.63) is 64.7 Å². The lowest BCUT2D eigenvalue weighted by Gasteiger charge is -2.24. The summed E-state index contributed by atoms with van der Waals surface area (Å²) >= 11 is 0. The number of esters is 1. The number of pyridine rings is 1. The normalized spacial score (nSPS) is 16.6. The largest absolute Gasteiger partial charge is 0.465 e. The molecule has 0 saturated carbocycles. The zero-order valence-electron chi connectivity index (χ0n) is 14.9. The van der Waals surface area contributed by atoms with E-state index in [0.29, 0.717) is 17.5 Å². The number of methoxy groups -OCH3 is 1. The van der Waals surface area contributed by atoms with Crippen LogP contribution in [0.4, 0.5) is 4.39 Å². The van der Waals surface area contributed by atoms with Crippen molar-refractivity contribution >= 4 is 11.9 Å². The first kappa shape index (κ1) is 18.0. The number of aromatic nitrogens is 1. The third kappa shape index (κ3) is 3.74. The van der Waals surface area contributed by atoms with Gasteiger partial charge in [-0.05, 0) is 41.7 Å². The van der Waals surface area contributed by atoms with Gasteiger partial charge in [0.2, 0.25) is 5.91 Å². The average Bonchev–Trinajstić information content (AvgIpc) is 3.13. The van der Waals surface area contributed by atoms with Gasteiger partial charge in [0, 0.05) is 32.3 Å². The van der Waals surface area contributed by atoms with Gasteiger partial charge in [0.15, 0.2) is 0 Å². The predicted octanol–water partition coefficient (Wildman–Crippen LogP) is 3.28. The molecule has 1 amide bonds. The Morgan fingerprint density at radius 2 is 2.12 bits per heavy atom. The number of amides is 1. The van der Waals surface area contributed by atoms with Crippen molar-refractivity contribution in [1.29, 1.82) is 0 Å². The lowest BCUT2D eigenvalue weighted by molar-refractivity contribution is -0.129. The van der Waals surface area contributed by atoms with Crippen molar-refractivity contribution in [3.63, 3.8) is 0 Å². The quantitative estimate of drug-likeness (QED) is 0.789. The number of likely N-dealkylation sites (tertiary alicyclic amines) is 1. The van der Waals surface area contributed by atoms with E-state index in [1.54, 1.807) is 30.2 Å². The Bertz CT molecular complexity index is 838. The molecule has 26 heavy (non-hydrogen) atoms. The van der Waals surface area contributed by atoms with E-state index >= 15 is 0 Å². The van der Waals surface area contributed by atoms with E-state index in [0.717, 1.165) is 30.5 Å². The molecule has 0 aliphatic carbocycles. The van der Waals surface area contributed by atoms with Crippen LogP contribution >= 0.6 is 0 Å². The van der Waals surface area contributed by atoms with Crippen molar-refractivity contribution < 1.29 is 18.7 Å². The molecule has 0 radical (unpaired) electrons. The Morgan fingerprint density at radius 1 is 1.31 bits per heavy atom. The number of ether oxygens (including phenoxy) is 1. The SMILES string of the molecule is COC(=O)c1cncc(Cc2ccc(C3CCCN3C(C)=O)cc2F)c1. The van der Waals surface area contributed by atoms with Gasteiger partial charge in [-0.1, -0.05) is 12.1 Å². The number of benzene rings is 1. The number of hydrogen-bond donors (Lipinski definition) is 0. The van der Waals surface area contributed by atoms with Crippen LogP contribution in [-0.2, 0) is 16.0 Å². The molecule has 1 atom stereocenters. The predicted molar refractivity (Wildman–Crippen MR) is 94.1 cm³/mol. The highest BCUT2D eigenvalue weighted by molar-refractivity contribution is 5.89. The summed E-state index contributed by atoms with van der Waals surface area (Å²) in [6.07, 6.45) is 5.13. The molecule has 1 aliphatic heterocycles. The second-order valence-corrected chi connectivity index (χ2v) is 6.47. The number of carbonyl (C=O) groups is 2. The smallest absolute Gasteiger partial charge is 0.339 e. The minimum Gasteiger partial charge on any atom is -0.465 e. The first-order chi connectivity index (χ1) is 12.5. The third-order valence-corrected chi connectivity index (χ3v) is 4.73. The van der Waals surface area contributed by atoms with Crippen LogP contribution in [0.5, 0.6) is 0 Å². The van der Waals surface area contributed by atoms with E-state index in [2.05, 4.69) is 9.72 Å². The van der Waals surface area contributed by atoms with Gasteiger partial charge >= 0.3 is 5.97 Å². The highest BCUT2D eigenvalue weighted by Crippen LogP contribution is 2.32. The van der Waals surface area contributed by atoms with Crippen molar-refractivity contribution in [3.8, 4) is 0 Å². The highest BCUT2D eigenvalue weighted by Gasteiger charge is 2.28. The maximum atomic E-state index is 14.6. The molecule has 0 N–H and O–H groups in total. The van der Waals surface area contributed by atoms with Crippen LogP contribution in [0.15, 0.2) is 36.7 Å². The van der Waals surface area contributed by atoms with Gasteiger partial charge in [-0.2, -0.15) is 0 Å². The van der Waals surface area contributed by atoms with Crippen LogP contribution in [0, 0.1) is 5.82 Å². The van der Waals surface area contributed by atoms with Gasteiger partial charge in [-0.3, -0.25) is 9.78 Å². The molecule has 2 aromatic rings. The summed E-state index contributed by atoms with van der Waals surface area (Å²) in [5, 5.41) is 0. The molecule has 1 fully saturated rings. The van der Waals surface area contributed by atoms with Gasteiger partial charge in [0.25, 0.3) is 0 Å². The Kier molecular flexibility index (Phi) is 5.30. The van der Waals surface area contributed by atoms with Gasteiger partial charge in [0.05, 0.1) is 18.7 Å². The van der Waals surface area contributed by atoms with Crippen LogP contribution in [0.2, 0.25) is 0 Å². The Balaban J connectivity index is 1.80. The Labute approximate surface area is 151 Å². The number of hydrogen-bond acceptors (Lipinski definition) is 4. The molecule has 0 spiro atoms. The number of rotatable bonds is 4. The summed E-state index contributed by atoms with van der Waals surface area (Å²) in [5.74, 6) is -0.773. The minimum absolute atomic E-state index is 0.0164. The van der Waals surface area contributed by atoms with Gasteiger partial charge in [0.1, 0.15) is 5.82 Å². The zero-order chi connectivity index (χ0) is 18.7. The third-order valence-electron chi connectivity index (χ3n) is 4.73. The van der Waals surface area contributed by atoms with Gasteiger partial charge < -0.3 is 9.64 Å². The van der Waals surface area contributed by atoms with Crippen molar-refractivity contribution in [1.82, 2.24) is 9.88 Å². The van der Waals surface area contributed by atoms with E-state index in [4.69, 9.17) is 0 Å². The topological polar surface area (TPSA) is 59.5 Å². The molecular formula is C20H21FN2O3. The number of carbonyl (C=O) groups excluding carboxylic acids is 2. The molecule has 6 heteroatoms. The molecule has 1 unspecified atom stereocenters. The molecule has 1 aromatic carbocycles. The fourth-order valence-corrected chi connectivity index (χ4v) is 3.44. The lowest BCUT2D eigenvalue weighted by Crippen LogP contribution is -2.28. The summed E-state index contributed by atoms with van der Waals surface area (Å²) in [5.41, 5.74) is 2.40. The van der Waals surface area contributed by atoms with Gasteiger partial charge in [-0.25, -0.2) is 9.18 Å². The van der Waals surface area contributed by atoms with Crippen LogP contribution < -0.4 is 0 Å². The second-order valence-electron chi connectivity index (χ2n) is 6.47. The first-order valence-corrected chi connectivity index (χ1v) is 8.57. The average molecular weight is 356 g/mol. The van der Waals surface area contributed by atoms with E-state index < -0.39 is 5.97 Å². The van der Waals surface area contributed by atoms with Crippen LogP contribution in [0.3, 0.4) is 0 Å². The zero-order valence-corrected chi connectivity index (χ0v) is 14.9. The first-order valence-electron chi connectivity index (χ1n) is 8.57. The Hall–Kier alpha value is -2.76. The summed E-state index contributed by atoms with van der Waals surface area (Å²) in [4.78, 5) is 29.1. The molecule has 1 saturated heterocycles. The van der Waals surface area contributed by atoms with E-state index in [1.165, 1.54) is 19.4 Å². The van der Waals surface area contributed by atoms with Crippen LogP contribution in [0.25, 0.3) is 0 Å². The van der Waals surface area contributed by atoms with Crippen molar-refractivity contribution in [2.75, 3.05) is 13.7 Å². The monoisotopic (exact) mass is 356 g/mol. The molecule has 136 valence electrons. The molecular weight excluding hydrogens is 335 g/mol. The molecule has 1 aromatic heterocycles. The molecule has 3 rings (SSSR count). The van der Waals surface area contributed by atoms with E-state index in [1.807, 2.05) is 6.07 Å². The molecule has 2 heterocycles. The number of nitrogens with zero attached hydrogens (tertiary/aromatic N) is 2. The van der Waals surface area contributed by atoms with Crippen LogP contribution in [0.1, 0.15) is 52.9 Å². The number of halogens is 1. The summed E-state index contributed by atoms with van der Waals surface area (Å²) in [7, 11) is 1.31. The molecule has 1 aliphatic rings. The standard InChI is InChI=1S/C20H21FN2O3/c1-13(24)23-7-3-4-19(23)16-6-5-15(18(21)10-16)8-14-9-17(12-22-11-14)20(25)26-2/h5-6,9-12,19H,3-4,7-8H2,1-2H3. The fourth-order valence-electron chi connectivity index (χ4n) is 3.44. The van der Waals surface area contributed by atoms with E-state index in [9.17, 15) is 14.0 Å². The molecule has 0 bridgehead atoms. The van der Waals surface area contributed by atoms with Crippen LogP contribution in [-0.4, -0.2) is 35.4 Å². The van der Waals surface area contributed by atoms with Gasteiger partial charge in [-0.15, -0.1) is 0 Å². The highest BCUT2D eigenvalue weighted by atomic mass is 19.1. The maximum Gasteiger partial charge on any atom is 0.339 e. The minimum atomic E-state index is -0.472. The Morgan fingerprint density at radius 3 is 2.81 bits per heavy atom. The van der Waals surface area contributed by atoms with Crippen molar-refractivity contribution in [2.45, 2.75) is 32.2 Å². The summed E-state index contributed by atoms with van der Waals surface area (Å²) in [6.45, 7) is 2.26. The second kappa shape index (κ2) is 7.64. The maximum absolute atomic E-state index is 14.6. The summed E-state index contributed by atoms with van der Waals surface area (Å²) in [6, 6.07) is 6.73. The fraction of sp³-hybridized carbons (Fsp3) is 0.350. The summed E-state index contributed by atoms with van der Waals surface area (Å²) < 4.78 is 19.3. The lowest BCUT2D eigenvalue weighted by atomic mass is 9.99.